The Hall–Kier alpha value is -2.56. The minimum absolute atomic E-state index is 0.132. The Morgan fingerprint density at radius 2 is 2.00 bits per heavy atom. The van der Waals surface area contributed by atoms with Crippen molar-refractivity contribution in [2.45, 2.75) is 26.0 Å². The van der Waals surface area contributed by atoms with Gasteiger partial charge in [-0.25, -0.2) is 4.39 Å². The number of nitrogen functional groups attached to an aromatic ring is 1. The number of anilines is 2. The van der Waals surface area contributed by atoms with Crippen LogP contribution in [-0.4, -0.2) is 12.0 Å². The molecule has 0 radical (unpaired) electrons. The maximum Gasteiger partial charge on any atom is 0.268 e. The summed E-state index contributed by atoms with van der Waals surface area (Å²) in [5, 5.41) is 0. The summed E-state index contributed by atoms with van der Waals surface area (Å²) in [6, 6.07) is 11.7. The molecule has 0 saturated carbocycles. The van der Waals surface area contributed by atoms with Crippen molar-refractivity contribution in [2.75, 3.05) is 10.6 Å². The number of amides is 1. The molecule has 0 bridgehead atoms. The molecule has 0 fully saturated rings. The van der Waals surface area contributed by atoms with Crippen molar-refractivity contribution in [3.8, 4) is 5.75 Å². The van der Waals surface area contributed by atoms with Gasteiger partial charge in [0.25, 0.3) is 5.91 Å². The zero-order chi connectivity index (χ0) is 15.7. The van der Waals surface area contributed by atoms with Gasteiger partial charge in [-0.3, -0.25) is 9.69 Å². The summed E-state index contributed by atoms with van der Waals surface area (Å²) in [6.07, 6.45) is -0.0259. The molecule has 1 heterocycles. The van der Waals surface area contributed by atoms with E-state index in [-0.39, 0.29) is 18.3 Å². The van der Waals surface area contributed by atoms with Gasteiger partial charge in [0.15, 0.2) is 6.10 Å². The van der Waals surface area contributed by atoms with E-state index in [4.69, 9.17) is 10.5 Å². The van der Waals surface area contributed by atoms with E-state index in [0.717, 1.165) is 0 Å². The normalized spacial score (nSPS) is 17.1. The smallest absolute Gasteiger partial charge is 0.268 e. The Bertz CT molecular complexity index is 718. The lowest BCUT2D eigenvalue weighted by atomic mass is 10.1. The summed E-state index contributed by atoms with van der Waals surface area (Å²) in [5.41, 5.74) is 7.41. The second kappa shape index (κ2) is 5.67. The number of rotatable bonds is 3. The summed E-state index contributed by atoms with van der Waals surface area (Å²) in [6.45, 7) is 2.01. The zero-order valence-electron chi connectivity index (χ0n) is 12.3. The maximum absolute atomic E-state index is 13.9. The number of hydrogen-bond acceptors (Lipinski definition) is 3. The van der Waals surface area contributed by atoms with Crippen molar-refractivity contribution in [1.82, 2.24) is 0 Å². The van der Waals surface area contributed by atoms with Gasteiger partial charge in [-0.1, -0.05) is 31.2 Å². The Kier molecular flexibility index (Phi) is 3.71. The predicted molar refractivity (Wildman–Crippen MR) is 83.2 cm³/mol. The fourth-order valence-electron chi connectivity index (χ4n) is 2.62. The average molecular weight is 300 g/mol. The minimum Gasteiger partial charge on any atom is -0.478 e. The van der Waals surface area contributed by atoms with Gasteiger partial charge in [0.2, 0.25) is 0 Å². The largest absolute Gasteiger partial charge is 0.478 e. The van der Waals surface area contributed by atoms with Crippen LogP contribution in [0.1, 0.15) is 18.9 Å². The lowest BCUT2D eigenvalue weighted by molar-refractivity contribution is -0.126. The number of benzene rings is 2. The maximum atomic E-state index is 13.9. The molecule has 1 atom stereocenters. The second-order valence-corrected chi connectivity index (χ2v) is 5.22. The quantitative estimate of drug-likeness (QED) is 0.886. The molecule has 2 aromatic carbocycles. The lowest BCUT2D eigenvalue weighted by Gasteiger charge is -2.35. The molecule has 22 heavy (non-hydrogen) atoms. The first kappa shape index (κ1) is 14.4. The Balaban J connectivity index is 2.05. The SMILES string of the molecule is CCC1Oc2cccc(N)c2N(Cc2ccccc2F)C1=O. The number of carbonyl (C=O) groups excluding carboxylic acids is 1. The molecule has 2 N–H and O–H groups in total. The highest BCUT2D eigenvalue weighted by molar-refractivity contribution is 6.02. The van der Waals surface area contributed by atoms with E-state index >= 15 is 0 Å². The number of nitrogens with zero attached hydrogens (tertiary/aromatic N) is 1. The average Bonchev–Trinajstić information content (AvgIpc) is 2.52. The number of ether oxygens (including phenoxy) is 1. The van der Waals surface area contributed by atoms with Crippen LogP contribution in [-0.2, 0) is 11.3 Å². The number of para-hydroxylation sites is 1. The van der Waals surface area contributed by atoms with Crippen molar-refractivity contribution in [3.05, 3.63) is 53.8 Å². The van der Waals surface area contributed by atoms with Gasteiger partial charge >= 0.3 is 0 Å². The molecule has 0 aromatic heterocycles. The first-order valence-electron chi connectivity index (χ1n) is 7.21. The zero-order valence-corrected chi connectivity index (χ0v) is 12.3. The van der Waals surface area contributed by atoms with Crippen molar-refractivity contribution in [3.63, 3.8) is 0 Å². The summed E-state index contributed by atoms with van der Waals surface area (Å²) in [7, 11) is 0. The fraction of sp³-hybridized carbons (Fsp3) is 0.235. The van der Waals surface area contributed by atoms with Gasteiger partial charge < -0.3 is 10.5 Å². The van der Waals surface area contributed by atoms with Crippen molar-refractivity contribution < 1.29 is 13.9 Å². The van der Waals surface area contributed by atoms with Crippen molar-refractivity contribution >= 4 is 17.3 Å². The Labute approximate surface area is 128 Å². The van der Waals surface area contributed by atoms with Crippen LogP contribution in [0.15, 0.2) is 42.5 Å². The highest BCUT2D eigenvalue weighted by atomic mass is 19.1. The molecule has 114 valence electrons. The van der Waals surface area contributed by atoms with Crippen LogP contribution >= 0.6 is 0 Å². The topological polar surface area (TPSA) is 55.6 Å². The molecule has 3 rings (SSSR count). The van der Waals surface area contributed by atoms with Crippen LogP contribution in [0, 0.1) is 5.82 Å². The van der Waals surface area contributed by atoms with Crippen LogP contribution in [0.4, 0.5) is 15.8 Å². The van der Waals surface area contributed by atoms with E-state index in [1.165, 1.54) is 11.0 Å². The Morgan fingerprint density at radius 3 is 2.73 bits per heavy atom. The van der Waals surface area contributed by atoms with Crippen molar-refractivity contribution in [1.29, 1.82) is 0 Å². The van der Waals surface area contributed by atoms with Gasteiger partial charge in [0.1, 0.15) is 17.3 Å². The summed E-state index contributed by atoms with van der Waals surface area (Å²) in [5.74, 6) is 0.0184. The molecule has 1 aliphatic heterocycles. The number of nitrogens with two attached hydrogens (primary N) is 1. The van der Waals surface area contributed by atoms with E-state index in [1.54, 1.807) is 36.4 Å². The van der Waals surface area contributed by atoms with Gasteiger partial charge in [0.05, 0.1) is 12.2 Å². The molecule has 1 amide bonds. The molecule has 1 aliphatic rings. The highest BCUT2D eigenvalue weighted by Gasteiger charge is 2.34. The van der Waals surface area contributed by atoms with Crippen molar-refractivity contribution in [2.24, 2.45) is 0 Å². The van der Waals surface area contributed by atoms with Crippen LogP contribution in [0.2, 0.25) is 0 Å². The first-order valence-corrected chi connectivity index (χ1v) is 7.21. The minimum atomic E-state index is -0.568. The summed E-state index contributed by atoms with van der Waals surface area (Å²) >= 11 is 0. The lowest BCUT2D eigenvalue weighted by Crippen LogP contribution is -2.45. The van der Waals surface area contributed by atoms with Crippen LogP contribution < -0.4 is 15.4 Å². The molecule has 2 aromatic rings. The third kappa shape index (κ3) is 2.39. The monoisotopic (exact) mass is 300 g/mol. The van der Waals surface area contributed by atoms with E-state index in [2.05, 4.69) is 0 Å². The Morgan fingerprint density at radius 1 is 1.23 bits per heavy atom. The molecular formula is C17H17FN2O2. The van der Waals surface area contributed by atoms with E-state index in [9.17, 15) is 9.18 Å². The van der Waals surface area contributed by atoms with Gasteiger partial charge in [0, 0.05) is 5.56 Å². The first-order chi connectivity index (χ1) is 10.6. The van der Waals surface area contributed by atoms with Crippen LogP contribution in [0.3, 0.4) is 0 Å². The van der Waals surface area contributed by atoms with E-state index in [0.29, 0.717) is 29.1 Å². The summed E-state index contributed by atoms with van der Waals surface area (Å²) in [4.78, 5) is 14.1. The third-order valence-corrected chi connectivity index (χ3v) is 3.77. The standard InChI is InChI=1S/C17H17FN2O2/c1-2-14-17(21)20(10-11-6-3-4-7-12(11)18)16-13(19)8-5-9-15(16)22-14/h3-9,14H,2,10,19H2,1H3. The van der Waals surface area contributed by atoms with E-state index in [1.807, 2.05) is 6.92 Å². The van der Waals surface area contributed by atoms with Crippen LogP contribution in [0.25, 0.3) is 0 Å². The number of carbonyl (C=O) groups is 1. The molecule has 1 unspecified atom stereocenters. The molecular weight excluding hydrogens is 283 g/mol. The van der Waals surface area contributed by atoms with Gasteiger partial charge in [-0.05, 0) is 24.6 Å². The molecule has 0 aliphatic carbocycles. The van der Waals surface area contributed by atoms with Gasteiger partial charge in [-0.2, -0.15) is 0 Å². The van der Waals surface area contributed by atoms with Crippen LogP contribution in [0.5, 0.6) is 5.75 Å². The van der Waals surface area contributed by atoms with E-state index < -0.39 is 6.10 Å². The molecule has 5 heteroatoms. The third-order valence-electron chi connectivity index (χ3n) is 3.77. The molecule has 0 spiro atoms. The fourth-order valence-corrected chi connectivity index (χ4v) is 2.62. The summed E-state index contributed by atoms with van der Waals surface area (Å²) < 4.78 is 19.6. The number of fused-ring (bicyclic) bond motifs is 1. The predicted octanol–water partition coefficient (Wildman–Crippen LogP) is 3.11. The highest BCUT2D eigenvalue weighted by Crippen LogP contribution is 2.40. The molecule has 4 nitrogen and oxygen atoms in total. The van der Waals surface area contributed by atoms with Gasteiger partial charge in [-0.15, -0.1) is 0 Å². The second-order valence-electron chi connectivity index (χ2n) is 5.22. The number of halogens is 1. The molecule has 0 saturated heterocycles. The number of hydrogen-bond donors (Lipinski definition) is 1.